The molecule has 0 aromatic heterocycles. The molecular formula is C26H36N2O3. The van der Waals surface area contributed by atoms with Crippen LogP contribution >= 0.6 is 0 Å². The number of nitrogens with one attached hydrogen (secondary N) is 1. The van der Waals surface area contributed by atoms with Crippen LogP contribution in [0.4, 0.5) is 0 Å². The van der Waals surface area contributed by atoms with Gasteiger partial charge in [-0.05, 0) is 35.6 Å². The van der Waals surface area contributed by atoms with Crippen molar-refractivity contribution in [1.82, 2.24) is 10.2 Å². The van der Waals surface area contributed by atoms with Crippen molar-refractivity contribution in [1.29, 1.82) is 0 Å². The molecule has 1 aliphatic rings. The Bertz CT molecular complexity index is 773. The van der Waals surface area contributed by atoms with Crippen molar-refractivity contribution < 1.29 is 14.3 Å². The summed E-state index contributed by atoms with van der Waals surface area (Å²) in [6.07, 6.45) is 2.74. The minimum Gasteiger partial charge on any atom is -0.493 e. The molecule has 1 aliphatic heterocycles. The first kappa shape index (κ1) is 23.3. The number of benzene rings is 2. The van der Waals surface area contributed by atoms with Gasteiger partial charge in [0.1, 0.15) is 5.75 Å². The maximum atomic E-state index is 12.8. The second kappa shape index (κ2) is 12.5. The van der Waals surface area contributed by atoms with Crippen LogP contribution in [0.1, 0.15) is 43.9 Å². The number of morpholine rings is 1. The average molecular weight is 425 g/mol. The number of nitrogens with zero attached hydrogens (tertiary/aromatic N) is 1. The fraction of sp³-hybridized carbons (Fsp3) is 0.500. The van der Waals surface area contributed by atoms with E-state index < -0.39 is 0 Å². The van der Waals surface area contributed by atoms with E-state index in [1.807, 2.05) is 42.5 Å². The van der Waals surface area contributed by atoms with E-state index >= 15 is 0 Å². The van der Waals surface area contributed by atoms with Gasteiger partial charge in [-0.15, -0.1) is 0 Å². The molecule has 1 saturated heterocycles. The number of carbonyl (C=O) groups is 1. The summed E-state index contributed by atoms with van der Waals surface area (Å²) < 4.78 is 11.4. The molecule has 0 aliphatic carbocycles. The molecule has 1 fully saturated rings. The lowest BCUT2D eigenvalue weighted by molar-refractivity contribution is -0.121. The molecule has 0 spiro atoms. The molecule has 2 aromatic carbocycles. The third-order valence-electron chi connectivity index (χ3n) is 5.69. The molecule has 1 heterocycles. The van der Waals surface area contributed by atoms with Gasteiger partial charge in [-0.25, -0.2) is 0 Å². The zero-order chi connectivity index (χ0) is 21.9. The SMILES string of the molecule is CCCC(C)COc1ccc(C(CN2CCOCC2)NC(=O)Cc2ccccc2)cc1. The predicted octanol–water partition coefficient (Wildman–Crippen LogP) is 4.23. The fourth-order valence-electron chi connectivity index (χ4n) is 3.91. The van der Waals surface area contributed by atoms with Gasteiger partial charge < -0.3 is 14.8 Å². The maximum Gasteiger partial charge on any atom is 0.224 e. The number of rotatable bonds is 11. The Balaban J connectivity index is 1.64. The van der Waals surface area contributed by atoms with Crippen LogP contribution in [-0.4, -0.2) is 50.3 Å². The smallest absolute Gasteiger partial charge is 0.224 e. The molecule has 2 unspecified atom stereocenters. The molecule has 2 aromatic rings. The molecule has 1 amide bonds. The van der Waals surface area contributed by atoms with E-state index in [2.05, 4.69) is 36.2 Å². The van der Waals surface area contributed by atoms with Gasteiger partial charge in [0.2, 0.25) is 5.91 Å². The quantitative estimate of drug-likeness (QED) is 0.586. The van der Waals surface area contributed by atoms with Crippen molar-refractivity contribution in [2.75, 3.05) is 39.5 Å². The highest BCUT2D eigenvalue weighted by atomic mass is 16.5. The zero-order valence-corrected chi connectivity index (χ0v) is 18.9. The normalized spacial score (nSPS) is 16.5. The van der Waals surface area contributed by atoms with Crippen molar-refractivity contribution in [3.63, 3.8) is 0 Å². The Morgan fingerprint density at radius 1 is 1.10 bits per heavy atom. The highest BCUT2D eigenvalue weighted by Gasteiger charge is 2.20. The minimum absolute atomic E-state index is 0.0400. The highest BCUT2D eigenvalue weighted by Crippen LogP contribution is 2.21. The molecule has 2 atom stereocenters. The first-order valence-electron chi connectivity index (χ1n) is 11.5. The lowest BCUT2D eigenvalue weighted by atomic mass is 10.0. The lowest BCUT2D eigenvalue weighted by Crippen LogP contribution is -2.43. The largest absolute Gasteiger partial charge is 0.493 e. The van der Waals surface area contributed by atoms with Crippen LogP contribution in [-0.2, 0) is 16.0 Å². The first-order valence-corrected chi connectivity index (χ1v) is 11.5. The second-order valence-electron chi connectivity index (χ2n) is 8.47. The van der Waals surface area contributed by atoms with Gasteiger partial charge in [-0.3, -0.25) is 9.69 Å². The van der Waals surface area contributed by atoms with E-state index in [9.17, 15) is 4.79 Å². The Hall–Kier alpha value is -2.37. The van der Waals surface area contributed by atoms with Crippen molar-refractivity contribution in [3.8, 4) is 5.75 Å². The molecule has 1 N–H and O–H groups in total. The third kappa shape index (κ3) is 8.00. The maximum absolute atomic E-state index is 12.8. The Kier molecular flexibility index (Phi) is 9.38. The van der Waals surface area contributed by atoms with E-state index in [-0.39, 0.29) is 11.9 Å². The van der Waals surface area contributed by atoms with Crippen LogP contribution in [0.25, 0.3) is 0 Å². The molecule has 5 heteroatoms. The number of ether oxygens (including phenoxy) is 2. The summed E-state index contributed by atoms with van der Waals surface area (Å²) in [7, 11) is 0. The van der Waals surface area contributed by atoms with E-state index in [1.54, 1.807) is 0 Å². The van der Waals surface area contributed by atoms with Gasteiger partial charge in [0.15, 0.2) is 0 Å². The molecular weight excluding hydrogens is 388 g/mol. The molecule has 3 rings (SSSR count). The van der Waals surface area contributed by atoms with Crippen LogP contribution in [0.15, 0.2) is 54.6 Å². The standard InChI is InChI=1S/C26H36N2O3/c1-3-7-21(2)20-31-24-12-10-23(11-13-24)25(19-28-14-16-30-17-15-28)27-26(29)18-22-8-5-4-6-9-22/h4-6,8-13,21,25H,3,7,14-20H2,1-2H3,(H,27,29). The third-order valence-corrected chi connectivity index (χ3v) is 5.69. The molecule has 31 heavy (non-hydrogen) atoms. The van der Waals surface area contributed by atoms with E-state index in [1.165, 1.54) is 12.8 Å². The molecule has 168 valence electrons. The average Bonchev–Trinajstić information content (AvgIpc) is 2.79. The Labute approximate surface area is 186 Å². The fourth-order valence-corrected chi connectivity index (χ4v) is 3.91. The molecule has 0 bridgehead atoms. The second-order valence-corrected chi connectivity index (χ2v) is 8.47. The zero-order valence-electron chi connectivity index (χ0n) is 18.9. The highest BCUT2D eigenvalue weighted by molar-refractivity contribution is 5.79. The van der Waals surface area contributed by atoms with Gasteiger partial charge in [0.25, 0.3) is 0 Å². The monoisotopic (exact) mass is 424 g/mol. The van der Waals surface area contributed by atoms with Crippen molar-refractivity contribution in [2.45, 2.75) is 39.2 Å². The summed E-state index contributed by atoms with van der Waals surface area (Å²) in [4.78, 5) is 15.1. The van der Waals surface area contributed by atoms with Gasteiger partial charge in [0.05, 0.1) is 32.3 Å². The Morgan fingerprint density at radius 3 is 2.48 bits per heavy atom. The van der Waals surface area contributed by atoms with E-state index in [4.69, 9.17) is 9.47 Å². The number of carbonyl (C=O) groups excluding carboxylic acids is 1. The van der Waals surface area contributed by atoms with Crippen molar-refractivity contribution >= 4 is 5.91 Å². The van der Waals surface area contributed by atoms with Gasteiger partial charge >= 0.3 is 0 Å². The lowest BCUT2D eigenvalue weighted by Gasteiger charge is -2.31. The van der Waals surface area contributed by atoms with Crippen LogP contribution in [0.5, 0.6) is 5.75 Å². The number of hydrogen-bond donors (Lipinski definition) is 1. The van der Waals surface area contributed by atoms with Crippen molar-refractivity contribution in [3.05, 3.63) is 65.7 Å². The van der Waals surface area contributed by atoms with Gasteiger partial charge in [-0.2, -0.15) is 0 Å². The molecule has 0 radical (unpaired) electrons. The van der Waals surface area contributed by atoms with Crippen LogP contribution in [0.2, 0.25) is 0 Å². The molecule has 5 nitrogen and oxygen atoms in total. The summed E-state index contributed by atoms with van der Waals surface area (Å²) in [6, 6.07) is 18.0. The summed E-state index contributed by atoms with van der Waals surface area (Å²) in [5.41, 5.74) is 2.12. The topological polar surface area (TPSA) is 50.8 Å². The van der Waals surface area contributed by atoms with Crippen LogP contribution < -0.4 is 10.1 Å². The van der Waals surface area contributed by atoms with Crippen LogP contribution in [0.3, 0.4) is 0 Å². The van der Waals surface area contributed by atoms with Crippen LogP contribution in [0, 0.1) is 5.92 Å². The molecule has 0 saturated carbocycles. The van der Waals surface area contributed by atoms with Crippen molar-refractivity contribution in [2.24, 2.45) is 5.92 Å². The van der Waals surface area contributed by atoms with E-state index in [0.29, 0.717) is 12.3 Å². The van der Waals surface area contributed by atoms with Gasteiger partial charge in [0, 0.05) is 19.6 Å². The van der Waals surface area contributed by atoms with E-state index in [0.717, 1.165) is 56.3 Å². The number of amides is 1. The predicted molar refractivity (Wildman–Crippen MR) is 124 cm³/mol. The Morgan fingerprint density at radius 2 is 1.81 bits per heavy atom. The van der Waals surface area contributed by atoms with Gasteiger partial charge in [-0.1, -0.05) is 62.7 Å². The minimum atomic E-state index is -0.0672. The summed E-state index contributed by atoms with van der Waals surface area (Å²) in [5.74, 6) is 1.47. The summed E-state index contributed by atoms with van der Waals surface area (Å²) in [6.45, 7) is 9.20. The number of hydrogen-bond acceptors (Lipinski definition) is 4. The summed E-state index contributed by atoms with van der Waals surface area (Å²) in [5, 5.41) is 3.25. The summed E-state index contributed by atoms with van der Waals surface area (Å²) >= 11 is 0. The first-order chi connectivity index (χ1) is 15.1.